The van der Waals surface area contributed by atoms with E-state index < -0.39 is 5.60 Å². The van der Waals surface area contributed by atoms with Crippen molar-refractivity contribution in [1.82, 2.24) is 4.90 Å². The van der Waals surface area contributed by atoms with E-state index in [4.69, 9.17) is 9.47 Å². The number of carbonyl (C=O) groups excluding carboxylic acids is 1. The van der Waals surface area contributed by atoms with Gasteiger partial charge in [0.05, 0.1) is 6.04 Å². The van der Waals surface area contributed by atoms with Gasteiger partial charge in [0.1, 0.15) is 12.2 Å². The van der Waals surface area contributed by atoms with Crippen LogP contribution in [0.5, 0.6) is 5.06 Å². The van der Waals surface area contributed by atoms with Crippen molar-refractivity contribution in [3.8, 4) is 5.06 Å². The summed E-state index contributed by atoms with van der Waals surface area (Å²) in [7, 11) is 1.76. The molecular weight excluding hydrogens is 250 g/mol. The number of carbonyl (C=O) groups is 1. The van der Waals surface area contributed by atoms with Crippen LogP contribution >= 0.6 is 11.3 Å². The van der Waals surface area contributed by atoms with Gasteiger partial charge in [-0.3, -0.25) is 0 Å². The number of hydrogen-bond acceptors (Lipinski definition) is 4. The average molecular weight is 269 g/mol. The molecule has 1 aromatic rings. The lowest BCUT2D eigenvalue weighted by Gasteiger charge is -2.32. The standard InChI is InChI=1S/C13H19NO3S/c1-13(2,3)17-12(15)14(4)10-7-9-5-6-18-11(9)16-8-10/h5-6,10H,7-8H2,1-4H3. The zero-order valence-corrected chi connectivity index (χ0v) is 12.0. The summed E-state index contributed by atoms with van der Waals surface area (Å²) in [6.07, 6.45) is 0.531. The Morgan fingerprint density at radius 3 is 2.94 bits per heavy atom. The Morgan fingerprint density at radius 2 is 2.28 bits per heavy atom. The molecule has 5 heteroatoms. The van der Waals surface area contributed by atoms with Crippen molar-refractivity contribution in [3.05, 3.63) is 17.0 Å². The van der Waals surface area contributed by atoms with E-state index in [9.17, 15) is 4.79 Å². The highest BCUT2D eigenvalue weighted by Gasteiger charge is 2.29. The fraction of sp³-hybridized carbons (Fsp3) is 0.615. The quantitative estimate of drug-likeness (QED) is 0.787. The monoisotopic (exact) mass is 269 g/mol. The molecule has 100 valence electrons. The molecule has 0 fully saturated rings. The number of amides is 1. The van der Waals surface area contributed by atoms with Gasteiger partial charge in [0, 0.05) is 19.0 Å². The molecule has 0 bridgehead atoms. The first-order chi connectivity index (χ1) is 8.37. The number of hydrogen-bond donors (Lipinski definition) is 0. The molecule has 1 atom stereocenters. The van der Waals surface area contributed by atoms with Crippen molar-refractivity contribution in [2.75, 3.05) is 13.7 Å². The van der Waals surface area contributed by atoms with Gasteiger partial charge >= 0.3 is 6.09 Å². The van der Waals surface area contributed by atoms with Crippen LogP contribution in [0.15, 0.2) is 11.4 Å². The number of nitrogens with zero attached hydrogens (tertiary/aromatic N) is 1. The number of rotatable bonds is 1. The van der Waals surface area contributed by atoms with E-state index in [-0.39, 0.29) is 12.1 Å². The second-order valence-electron chi connectivity index (χ2n) is 5.49. The zero-order valence-electron chi connectivity index (χ0n) is 11.2. The maximum Gasteiger partial charge on any atom is 0.410 e. The number of ether oxygens (including phenoxy) is 2. The molecule has 1 unspecified atom stereocenters. The summed E-state index contributed by atoms with van der Waals surface area (Å²) < 4.78 is 11.0. The van der Waals surface area contributed by atoms with Gasteiger partial charge in [-0.1, -0.05) is 0 Å². The molecule has 18 heavy (non-hydrogen) atoms. The first-order valence-electron chi connectivity index (χ1n) is 6.02. The summed E-state index contributed by atoms with van der Waals surface area (Å²) in [6, 6.07) is 2.09. The third-order valence-electron chi connectivity index (χ3n) is 2.80. The highest BCUT2D eigenvalue weighted by Crippen LogP contribution is 2.31. The van der Waals surface area contributed by atoms with E-state index in [1.54, 1.807) is 23.3 Å². The van der Waals surface area contributed by atoms with Gasteiger partial charge in [-0.15, -0.1) is 11.3 Å². The van der Waals surface area contributed by atoms with Crippen LogP contribution in [0.4, 0.5) is 4.79 Å². The van der Waals surface area contributed by atoms with E-state index in [2.05, 4.69) is 6.07 Å². The first-order valence-corrected chi connectivity index (χ1v) is 6.90. The Balaban J connectivity index is 1.99. The molecule has 1 amide bonds. The minimum absolute atomic E-state index is 0.0435. The van der Waals surface area contributed by atoms with Crippen LogP contribution in [0.25, 0.3) is 0 Å². The van der Waals surface area contributed by atoms with E-state index >= 15 is 0 Å². The summed E-state index contributed by atoms with van der Waals surface area (Å²) in [5.74, 6) is 0. The fourth-order valence-corrected chi connectivity index (χ4v) is 2.61. The minimum Gasteiger partial charge on any atom is -0.482 e. The summed E-state index contributed by atoms with van der Waals surface area (Å²) in [5, 5.41) is 2.99. The van der Waals surface area contributed by atoms with Crippen LogP contribution in [0.3, 0.4) is 0 Å². The molecule has 0 saturated carbocycles. The maximum absolute atomic E-state index is 12.0. The van der Waals surface area contributed by atoms with Crippen LogP contribution < -0.4 is 4.74 Å². The SMILES string of the molecule is CN(C(=O)OC(C)(C)C)C1COc2sccc2C1. The van der Waals surface area contributed by atoms with Gasteiger partial charge in [-0.05, 0) is 32.2 Å². The molecule has 0 aliphatic carbocycles. The highest BCUT2D eigenvalue weighted by molar-refractivity contribution is 7.12. The molecule has 0 saturated heterocycles. The summed E-state index contributed by atoms with van der Waals surface area (Å²) in [6.45, 7) is 6.14. The maximum atomic E-state index is 12.0. The molecule has 2 rings (SSSR count). The molecule has 0 spiro atoms. The van der Waals surface area contributed by atoms with Crippen molar-refractivity contribution in [1.29, 1.82) is 0 Å². The van der Waals surface area contributed by atoms with Gasteiger partial charge < -0.3 is 14.4 Å². The molecular formula is C13H19NO3S. The van der Waals surface area contributed by atoms with Gasteiger partial charge in [0.15, 0.2) is 5.06 Å². The molecule has 1 aliphatic heterocycles. The molecule has 0 aromatic carbocycles. The van der Waals surface area contributed by atoms with Crippen molar-refractivity contribution in [2.45, 2.75) is 38.8 Å². The molecule has 0 N–H and O–H groups in total. The van der Waals surface area contributed by atoms with Gasteiger partial charge in [0.25, 0.3) is 0 Å². The average Bonchev–Trinajstić information content (AvgIpc) is 2.72. The largest absolute Gasteiger partial charge is 0.482 e. The molecule has 4 nitrogen and oxygen atoms in total. The number of thiophene rings is 1. The fourth-order valence-electron chi connectivity index (χ4n) is 1.82. The van der Waals surface area contributed by atoms with Crippen LogP contribution in [-0.2, 0) is 11.2 Å². The van der Waals surface area contributed by atoms with E-state index in [1.165, 1.54) is 5.56 Å². The smallest absolute Gasteiger partial charge is 0.410 e. The second-order valence-corrected chi connectivity index (χ2v) is 6.37. The zero-order chi connectivity index (χ0) is 13.3. The van der Waals surface area contributed by atoms with Crippen molar-refractivity contribution in [2.24, 2.45) is 0 Å². The summed E-state index contributed by atoms with van der Waals surface area (Å²) >= 11 is 1.60. The van der Waals surface area contributed by atoms with Crippen LogP contribution in [0, 0.1) is 0 Å². The molecule has 1 aromatic heterocycles. The topological polar surface area (TPSA) is 38.8 Å². The molecule has 0 radical (unpaired) electrons. The number of likely N-dealkylation sites (N-methyl/N-ethyl adjacent to an activating group) is 1. The third kappa shape index (κ3) is 2.96. The predicted octanol–water partition coefficient (Wildman–Crippen LogP) is 2.92. The van der Waals surface area contributed by atoms with E-state index in [0.717, 1.165) is 11.5 Å². The molecule has 1 aliphatic rings. The summed E-state index contributed by atoms with van der Waals surface area (Å²) in [5.41, 5.74) is 0.709. The normalized spacial score (nSPS) is 18.8. The lowest BCUT2D eigenvalue weighted by atomic mass is 10.1. The Kier molecular flexibility index (Phi) is 3.52. The minimum atomic E-state index is -0.464. The van der Waals surface area contributed by atoms with Crippen molar-refractivity contribution >= 4 is 17.4 Å². The lowest BCUT2D eigenvalue weighted by Crippen LogP contribution is -2.45. The van der Waals surface area contributed by atoms with Crippen LogP contribution in [0.2, 0.25) is 0 Å². The predicted molar refractivity (Wildman–Crippen MR) is 71.3 cm³/mol. The van der Waals surface area contributed by atoms with Gasteiger partial charge in [-0.2, -0.15) is 0 Å². The van der Waals surface area contributed by atoms with Gasteiger partial charge in [-0.25, -0.2) is 4.79 Å². The van der Waals surface area contributed by atoms with E-state index in [0.29, 0.717) is 6.61 Å². The Labute approximate surface area is 111 Å². The first kappa shape index (κ1) is 13.2. The lowest BCUT2D eigenvalue weighted by molar-refractivity contribution is 0.0162. The van der Waals surface area contributed by atoms with Crippen molar-refractivity contribution < 1.29 is 14.3 Å². The second kappa shape index (κ2) is 4.80. The summed E-state index contributed by atoms with van der Waals surface area (Å²) in [4.78, 5) is 13.6. The Bertz CT molecular complexity index is 436. The van der Waals surface area contributed by atoms with E-state index in [1.807, 2.05) is 26.2 Å². The van der Waals surface area contributed by atoms with Gasteiger partial charge in [0.2, 0.25) is 0 Å². The number of fused-ring (bicyclic) bond motifs is 1. The Morgan fingerprint density at radius 1 is 1.56 bits per heavy atom. The third-order valence-corrected chi connectivity index (χ3v) is 3.66. The van der Waals surface area contributed by atoms with Crippen LogP contribution in [0.1, 0.15) is 26.3 Å². The molecule has 2 heterocycles. The van der Waals surface area contributed by atoms with Crippen LogP contribution in [-0.4, -0.2) is 36.3 Å². The Hall–Kier alpha value is -1.23. The van der Waals surface area contributed by atoms with Crippen molar-refractivity contribution in [3.63, 3.8) is 0 Å². The highest BCUT2D eigenvalue weighted by atomic mass is 32.1.